The van der Waals surface area contributed by atoms with E-state index in [-0.39, 0.29) is 6.10 Å². The molecule has 3 aliphatic carbocycles. The lowest BCUT2D eigenvalue weighted by Crippen LogP contribution is -2.35. The Bertz CT molecular complexity index is 746. The van der Waals surface area contributed by atoms with Gasteiger partial charge in [-0.1, -0.05) is 63.1 Å². The van der Waals surface area contributed by atoms with Gasteiger partial charge in [0.1, 0.15) is 0 Å². The summed E-state index contributed by atoms with van der Waals surface area (Å²) in [6, 6.07) is 0. The molecule has 3 fully saturated rings. The molecular formula is C28H44O2S. The van der Waals surface area contributed by atoms with Crippen LogP contribution in [-0.2, 0) is 10.8 Å². The summed E-state index contributed by atoms with van der Waals surface area (Å²) in [4.78, 5) is 0. The van der Waals surface area contributed by atoms with E-state index in [1.54, 1.807) is 5.57 Å². The molecule has 174 valence electrons. The highest BCUT2D eigenvalue weighted by molar-refractivity contribution is 7.87. The Labute approximate surface area is 193 Å². The predicted molar refractivity (Wildman–Crippen MR) is 134 cm³/mol. The van der Waals surface area contributed by atoms with Gasteiger partial charge in [-0.3, -0.25) is 4.21 Å². The Morgan fingerprint density at radius 3 is 2.84 bits per heavy atom. The zero-order chi connectivity index (χ0) is 22.4. The molecule has 2 nitrogen and oxygen atoms in total. The van der Waals surface area contributed by atoms with Gasteiger partial charge in [0.15, 0.2) is 0 Å². The maximum absolute atomic E-state index is 12.1. The Hall–Kier alpha value is -0.930. The van der Waals surface area contributed by atoms with Crippen LogP contribution in [0.25, 0.3) is 0 Å². The van der Waals surface area contributed by atoms with Crippen molar-refractivity contribution in [3.8, 4) is 0 Å². The molecule has 0 amide bonds. The molecular weight excluding hydrogens is 400 g/mol. The van der Waals surface area contributed by atoms with Gasteiger partial charge >= 0.3 is 0 Å². The number of hydrogen-bond donors (Lipinski definition) is 1. The largest absolute Gasteiger partial charge is 0.393 e. The second-order valence-corrected chi connectivity index (χ2v) is 12.0. The van der Waals surface area contributed by atoms with E-state index in [4.69, 9.17) is 0 Å². The van der Waals surface area contributed by atoms with Crippen LogP contribution in [-0.4, -0.2) is 21.2 Å². The fraction of sp³-hybridized carbons (Fsp3) is 0.714. The van der Waals surface area contributed by atoms with E-state index >= 15 is 0 Å². The summed E-state index contributed by atoms with van der Waals surface area (Å²) in [5.74, 6) is 2.88. The normalized spacial score (nSPS) is 36.3. The van der Waals surface area contributed by atoms with Gasteiger partial charge in [0.25, 0.3) is 0 Å². The lowest BCUT2D eigenvalue weighted by atomic mass is 9.61. The van der Waals surface area contributed by atoms with E-state index < -0.39 is 10.8 Å². The molecule has 0 heterocycles. The molecule has 0 aliphatic heterocycles. The SMILES string of the molecule is C=C1CCC(O)C/C1=C/C=C1\CCCC2(C)C1CCC2C(C)C/C=C/S(=O)CCCC. The van der Waals surface area contributed by atoms with Crippen LogP contribution in [0.15, 0.2) is 46.9 Å². The fourth-order valence-electron chi connectivity index (χ4n) is 6.51. The number of hydrogen-bond acceptors (Lipinski definition) is 2. The third kappa shape index (κ3) is 6.11. The van der Waals surface area contributed by atoms with Gasteiger partial charge in [-0.2, -0.15) is 0 Å². The minimum Gasteiger partial charge on any atom is -0.393 e. The molecule has 6 atom stereocenters. The molecule has 3 rings (SSSR count). The first-order chi connectivity index (χ1) is 14.8. The van der Waals surface area contributed by atoms with Crippen molar-refractivity contribution in [1.82, 2.24) is 0 Å². The Balaban J connectivity index is 1.65. The minimum atomic E-state index is -0.794. The quantitative estimate of drug-likeness (QED) is 0.428. The minimum absolute atomic E-state index is 0.201. The third-order valence-corrected chi connectivity index (χ3v) is 9.55. The van der Waals surface area contributed by atoms with E-state index in [0.717, 1.165) is 50.2 Å². The van der Waals surface area contributed by atoms with Crippen molar-refractivity contribution in [2.75, 3.05) is 5.75 Å². The molecule has 0 saturated heterocycles. The first-order valence-electron chi connectivity index (χ1n) is 12.6. The van der Waals surface area contributed by atoms with Crippen LogP contribution < -0.4 is 0 Å². The number of aliphatic hydroxyl groups is 1. The van der Waals surface area contributed by atoms with Crippen molar-refractivity contribution in [2.24, 2.45) is 23.2 Å². The lowest BCUT2D eigenvalue weighted by molar-refractivity contribution is 0.0985. The van der Waals surface area contributed by atoms with Gasteiger partial charge in [-0.15, -0.1) is 0 Å². The number of aliphatic hydroxyl groups excluding tert-OH is 1. The molecule has 31 heavy (non-hydrogen) atoms. The van der Waals surface area contributed by atoms with Crippen LogP contribution in [0.5, 0.6) is 0 Å². The molecule has 0 aromatic rings. The van der Waals surface area contributed by atoms with Crippen LogP contribution >= 0.6 is 0 Å². The highest BCUT2D eigenvalue weighted by Crippen LogP contribution is 2.59. The van der Waals surface area contributed by atoms with Crippen molar-refractivity contribution < 1.29 is 9.32 Å². The summed E-state index contributed by atoms with van der Waals surface area (Å²) in [5, 5.41) is 12.0. The lowest BCUT2D eigenvalue weighted by Gasteiger charge is -2.44. The van der Waals surface area contributed by atoms with Crippen molar-refractivity contribution in [2.45, 2.75) is 97.5 Å². The first-order valence-corrected chi connectivity index (χ1v) is 14.0. The maximum Gasteiger partial charge on any atom is 0.0583 e. The van der Waals surface area contributed by atoms with E-state index in [2.05, 4.69) is 45.6 Å². The first kappa shape index (κ1) is 24.7. The predicted octanol–water partition coefficient (Wildman–Crippen LogP) is 7.25. The van der Waals surface area contributed by atoms with Crippen LogP contribution in [0.3, 0.4) is 0 Å². The van der Waals surface area contributed by atoms with Crippen molar-refractivity contribution in [3.63, 3.8) is 0 Å². The standard InChI is InChI=1S/C28H44O2S/c1-5-6-18-31(30)19-8-9-22(3)26-15-16-27-23(10-7-17-28(26,27)4)12-13-24-20-25(29)14-11-21(24)2/h8,12-13,19,22,25-27,29H,2,5-7,9-11,14-18,20H2,1,3-4H3/b19-8+,23-12+,24-13-. The number of unbranched alkanes of at least 4 members (excludes halogenated alkanes) is 1. The Morgan fingerprint density at radius 1 is 1.26 bits per heavy atom. The fourth-order valence-corrected chi connectivity index (χ4v) is 7.54. The molecule has 6 unspecified atom stereocenters. The van der Waals surface area contributed by atoms with Crippen LogP contribution in [0.1, 0.15) is 91.4 Å². The molecule has 3 aliphatic rings. The van der Waals surface area contributed by atoms with Crippen LogP contribution in [0, 0.1) is 23.2 Å². The van der Waals surface area contributed by atoms with Crippen molar-refractivity contribution in [1.29, 1.82) is 0 Å². The Morgan fingerprint density at radius 2 is 2.06 bits per heavy atom. The number of fused-ring (bicyclic) bond motifs is 1. The van der Waals surface area contributed by atoms with E-state index in [0.29, 0.717) is 17.3 Å². The molecule has 3 saturated carbocycles. The van der Waals surface area contributed by atoms with E-state index in [1.165, 1.54) is 43.3 Å². The monoisotopic (exact) mass is 444 g/mol. The summed E-state index contributed by atoms with van der Waals surface area (Å²) in [7, 11) is -0.794. The number of rotatable bonds is 8. The van der Waals surface area contributed by atoms with Crippen molar-refractivity contribution >= 4 is 10.8 Å². The van der Waals surface area contributed by atoms with Crippen LogP contribution in [0.2, 0.25) is 0 Å². The summed E-state index contributed by atoms with van der Waals surface area (Å²) < 4.78 is 12.1. The highest BCUT2D eigenvalue weighted by atomic mass is 32.2. The molecule has 0 radical (unpaired) electrons. The van der Waals surface area contributed by atoms with E-state index in [1.807, 2.05) is 5.41 Å². The average molecular weight is 445 g/mol. The summed E-state index contributed by atoms with van der Waals surface area (Å²) in [6.45, 7) is 11.3. The third-order valence-electron chi connectivity index (χ3n) is 8.37. The second-order valence-electron chi connectivity index (χ2n) is 10.6. The average Bonchev–Trinajstić information content (AvgIpc) is 3.10. The summed E-state index contributed by atoms with van der Waals surface area (Å²) >= 11 is 0. The topological polar surface area (TPSA) is 37.3 Å². The zero-order valence-corrected chi connectivity index (χ0v) is 20.9. The summed E-state index contributed by atoms with van der Waals surface area (Å²) in [5.41, 5.74) is 4.48. The van der Waals surface area contributed by atoms with Crippen molar-refractivity contribution in [3.05, 3.63) is 46.9 Å². The van der Waals surface area contributed by atoms with Gasteiger partial charge in [0, 0.05) is 16.6 Å². The van der Waals surface area contributed by atoms with Gasteiger partial charge in [-0.05, 0) is 98.4 Å². The van der Waals surface area contributed by atoms with Gasteiger partial charge < -0.3 is 5.11 Å². The zero-order valence-electron chi connectivity index (χ0n) is 20.1. The van der Waals surface area contributed by atoms with Gasteiger partial charge in [0.2, 0.25) is 0 Å². The number of allylic oxidation sites excluding steroid dienone is 5. The highest BCUT2D eigenvalue weighted by Gasteiger charge is 2.50. The smallest absolute Gasteiger partial charge is 0.0583 e. The molecule has 0 spiro atoms. The Kier molecular flexibility index (Phi) is 8.99. The van der Waals surface area contributed by atoms with Gasteiger partial charge in [-0.25, -0.2) is 0 Å². The maximum atomic E-state index is 12.1. The van der Waals surface area contributed by atoms with Crippen LogP contribution in [0.4, 0.5) is 0 Å². The molecule has 3 heteroatoms. The molecule has 0 aromatic carbocycles. The molecule has 0 aromatic heterocycles. The second kappa shape index (κ2) is 11.3. The molecule has 1 N–H and O–H groups in total. The molecule has 0 bridgehead atoms. The van der Waals surface area contributed by atoms with Gasteiger partial charge in [0.05, 0.1) is 6.10 Å². The summed E-state index contributed by atoms with van der Waals surface area (Å²) in [6.07, 6.45) is 18.9. The van der Waals surface area contributed by atoms with E-state index in [9.17, 15) is 9.32 Å².